The van der Waals surface area contributed by atoms with Crippen LogP contribution in [0.25, 0.3) is 0 Å². The molecular formula is C18H25N3O3. The molecule has 2 fully saturated rings. The lowest BCUT2D eigenvalue weighted by atomic mass is 9.89. The number of aliphatic hydroxyl groups excluding tert-OH is 1. The maximum absolute atomic E-state index is 12.4. The molecule has 0 bridgehead atoms. The van der Waals surface area contributed by atoms with Crippen molar-refractivity contribution in [1.82, 2.24) is 15.5 Å². The number of hydrogen-bond donors (Lipinski definition) is 3. The van der Waals surface area contributed by atoms with Crippen molar-refractivity contribution in [2.24, 2.45) is 0 Å². The molecule has 2 aliphatic rings. The number of nitrogens with zero attached hydrogens (tertiary/aromatic N) is 1. The molecule has 6 nitrogen and oxygen atoms in total. The lowest BCUT2D eigenvalue weighted by Gasteiger charge is -2.33. The molecule has 130 valence electrons. The SMILES string of the molecule is CC1(CCC(=O)N2CCC(c3ccccc3)CC2)NC(=O)NC1O. The average Bonchev–Trinajstić information content (AvgIpc) is 2.86. The Hall–Kier alpha value is -2.08. The molecule has 0 saturated carbocycles. The van der Waals surface area contributed by atoms with E-state index in [-0.39, 0.29) is 11.9 Å². The normalized spacial score (nSPS) is 27.7. The van der Waals surface area contributed by atoms with Crippen LogP contribution in [0, 0.1) is 0 Å². The second-order valence-corrected chi connectivity index (χ2v) is 6.98. The molecule has 0 spiro atoms. The van der Waals surface area contributed by atoms with E-state index >= 15 is 0 Å². The van der Waals surface area contributed by atoms with E-state index in [0.29, 0.717) is 18.8 Å². The van der Waals surface area contributed by atoms with E-state index in [4.69, 9.17) is 0 Å². The van der Waals surface area contributed by atoms with E-state index in [1.807, 2.05) is 11.0 Å². The topological polar surface area (TPSA) is 81.7 Å². The molecule has 0 radical (unpaired) electrons. The van der Waals surface area contributed by atoms with Crippen LogP contribution in [0.1, 0.15) is 44.1 Å². The van der Waals surface area contributed by atoms with Gasteiger partial charge in [-0.25, -0.2) is 4.79 Å². The van der Waals surface area contributed by atoms with E-state index < -0.39 is 11.8 Å². The van der Waals surface area contributed by atoms with Crippen LogP contribution in [0.5, 0.6) is 0 Å². The molecule has 0 aromatic heterocycles. The highest BCUT2D eigenvalue weighted by atomic mass is 16.3. The van der Waals surface area contributed by atoms with Crippen LogP contribution in [-0.2, 0) is 4.79 Å². The summed E-state index contributed by atoms with van der Waals surface area (Å²) in [6.45, 7) is 3.29. The van der Waals surface area contributed by atoms with Crippen LogP contribution in [-0.4, -0.2) is 46.8 Å². The first kappa shape index (κ1) is 16.8. The molecule has 2 aliphatic heterocycles. The van der Waals surface area contributed by atoms with Gasteiger partial charge in [-0.05, 0) is 37.7 Å². The van der Waals surface area contributed by atoms with E-state index in [0.717, 1.165) is 25.9 Å². The Morgan fingerprint density at radius 1 is 1.29 bits per heavy atom. The minimum atomic E-state index is -0.957. The Kier molecular flexibility index (Phi) is 4.76. The zero-order valence-corrected chi connectivity index (χ0v) is 14.0. The number of urea groups is 1. The van der Waals surface area contributed by atoms with Gasteiger partial charge in [0.2, 0.25) is 5.91 Å². The van der Waals surface area contributed by atoms with Gasteiger partial charge in [0.15, 0.2) is 6.23 Å². The molecule has 2 unspecified atom stereocenters. The molecule has 6 heteroatoms. The van der Waals surface area contributed by atoms with Crippen LogP contribution in [0.3, 0.4) is 0 Å². The lowest BCUT2D eigenvalue weighted by molar-refractivity contribution is -0.132. The predicted octanol–water partition coefficient (Wildman–Crippen LogP) is 1.56. The highest BCUT2D eigenvalue weighted by Crippen LogP contribution is 2.28. The Morgan fingerprint density at radius 2 is 1.96 bits per heavy atom. The van der Waals surface area contributed by atoms with Gasteiger partial charge >= 0.3 is 6.03 Å². The molecular weight excluding hydrogens is 306 g/mol. The van der Waals surface area contributed by atoms with Crippen molar-refractivity contribution in [1.29, 1.82) is 0 Å². The van der Waals surface area contributed by atoms with Crippen LogP contribution in [0.2, 0.25) is 0 Å². The first-order valence-electron chi connectivity index (χ1n) is 8.57. The monoisotopic (exact) mass is 331 g/mol. The summed E-state index contributed by atoms with van der Waals surface area (Å²) >= 11 is 0. The predicted molar refractivity (Wildman–Crippen MR) is 90.3 cm³/mol. The second-order valence-electron chi connectivity index (χ2n) is 6.98. The summed E-state index contributed by atoms with van der Waals surface area (Å²) in [6.07, 6.45) is 1.75. The molecule has 3 N–H and O–H groups in total. The fourth-order valence-corrected chi connectivity index (χ4v) is 3.56. The number of nitrogens with one attached hydrogen (secondary N) is 2. The second kappa shape index (κ2) is 6.81. The first-order chi connectivity index (χ1) is 11.5. The molecule has 2 heterocycles. The number of piperidine rings is 1. The highest BCUT2D eigenvalue weighted by molar-refractivity contribution is 5.79. The summed E-state index contributed by atoms with van der Waals surface area (Å²) in [5.41, 5.74) is 0.565. The Labute approximate surface area is 142 Å². The number of aliphatic hydroxyl groups is 1. The van der Waals surface area contributed by atoms with Gasteiger partial charge in [-0.15, -0.1) is 0 Å². The van der Waals surface area contributed by atoms with Crippen LogP contribution in [0.4, 0.5) is 4.79 Å². The number of likely N-dealkylation sites (tertiary alicyclic amines) is 1. The molecule has 3 rings (SSSR count). The standard InChI is InChI=1S/C18H25N3O3/c1-18(16(23)19-17(24)20-18)10-7-15(22)21-11-8-14(9-12-21)13-5-3-2-4-6-13/h2-6,14,16,23H,7-12H2,1H3,(H2,19,20,24). The van der Waals surface area contributed by atoms with Crippen molar-refractivity contribution in [3.05, 3.63) is 35.9 Å². The van der Waals surface area contributed by atoms with Gasteiger partial charge in [0.05, 0.1) is 5.54 Å². The van der Waals surface area contributed by atoms with Crippen LogP contribution in [0.15, 0.2) is 30.3 Å². The molecule has 2 saturated heterocycles. The third-order valence-corrected chi connectivity index (χ3v) is 5.25. The Bertz CT molecular complexity index is 599. The zero-order chi connectivity index (χ0) is 17.2. The van der Waals surface area contributed by atoms with Crippen molar-refractivity contribution in [3.8, 4) is 0 Å². The lowest BCUT2D eigenvalue weighted by Crippen LogP contribution is -2.48. The highest BCUT2D eigenvalue weighted by Gasteiger charge is 2.41. The van der Waals surface area contributed by atoms with Gasteiger partial charge in [0, 0.05) is 19.5 Å². The van der Waals surface area contributed by atoms with Crippen LogP contribution >= 0.6 is 0 Å². The summed E-state index contributed by atoms with van der Waals surface area (Å²) in [6, 6.07) is 10.1. The number of amides is 3. The molecule has 24 heavy (non-hydrogen) atoms. The number of carbonyl (C=O) groups is 2. The molecule has 0 aliphatic carbocycles. The average molecular weight is 331 g/mol. The van der Waals surface area contributed by atoms with Crippen molar-refractivity contribution >= 4 is 11.9 Å². The van der Waals surface area contributed by atoms with Gasteiger partial charge in [0.25, 0.3) is 0 Å². The van der Waals surface area contributed by atoms with Gasteiger partial charge in [-0.2, -0.15) is 0 Å². The summed E-state index contributed by atoms with van der Waals surface area (Å²) < 4.78 is 0. The van der Waals surface area contributed by atoms with E-state index in [2.05, 4.69) is 34.9 Å². The third kappa shape index (κ3) is 3.53. The quantitative estimate of drug-likeness (QED) is 0.783. The fraction of sp³-hybridized carbons (Fsp3) is 0.556. The van der Waals surface area contributed by atoms with Crippen molar-refractivity contribution < 1.29 is 14.7 Å². The van der Waals surface area contributed by atoms with Gasteiger partial charge in [-0.1, -0.05) is 30.3 Å². The van der Waals surface area contributed by atoms with E-state index in [9.17, 15) is 14.7 Å². The van der Waals surface area contributed by atoms with Crippen molar-refractivity contribution in [3.63, 3.8) is 0 Å². The number of rotatable bonds is 4. The van der Waals surface area contributed by atoms with Gasteiger partial charge in [0.1, 0.15) is 0 Å². The summed E-state index contributed by atoms with van der Waals surface area (Å²) in [5.74, 6) is 0.615. The maximum atomic E-state index is 12.4. The van der Waals surface area contributed by atoms with Gasteiger partial charge < -0.3 is 20.6 Å². The van der Waals surface area contributed by atoms with E-state index in [1.54, 1.807) is 6.92 Å². The smallest absolute Gasteiger partial charge is 0.317 e. The largest absolute Gasteiger partial charge is 0.371 e. The zero-order valence-electron chi connectivity index (χ0n) is 14.0. The third-order valence-electron chi connectivity index (χ3n) is 5.25. The first-order valence-corrected chi connectivity index (χ1v) is 8.57. The Morgan fingerprint density at radius 3 is 2.54 bits per heavy atom. The molecule has 1 aromatic carbocycles. The van der Waals surface area contributed by atoms with Crippen LogP contribution < -0.4 is 10.6 Å². The summed E-state index contributed by atoms with van der Waals surface area (Å²) in [7, 11) is 0. The fourth-order valence-electron chi connectivity index (χ4n) is 3.56. The summed E-state index contributed by atoms with van der Waals surface area (Å²) in [5, 5.41) is 15.0. The van der Waals surface area contributed by atoms with Crippen molar-refractivity contribution in [2.45, 2.75) is 50.3 Å². The maximum Gasteiger partial charge on any atom is 0.317 e. The Balaban J connectivity index is 1.48. The summed E-state index contributed by atoms with van der Waals surface area (Å²) in [4.78, 5) is 25.7. The number of carbonyl (C=O) groups excluding carboxylic acids is 2. The number of benzene rings is 1. The van der Waals surface area contributed by atoms with Crippen molar-refractivity contribution in [2.75, 3.05) is 13.1 Å². The molecule has 3 amide bonds. The van der Waals surface area contributed by atoms with E-state index in [1.165, 1.54) is 5.56 Å². The number of hydrogen-bond acceptors (Lipinski definition) is 3. The molecule has 1 aromatic rings. The molecule has 2 atom stereocenters. The minimum absolute atomic E-state index is 0.0936. The minimum Gasteiger partial charge on any atom is -0.371 e. The van der Waals surface area contributed by atoms with Gasteiger partial charge in [-0.3, -0.25) is 4.79 Å².